The number of hydrogen-bond donors (Lipinski definition) is 2. The molecule has 6 heteroatoms. The van der Waals surface area contributed by atoms with Crippen molar-refractivity contribution < 1.29 is 0 Å². The summed E-state index contributed by atoms with van der Waals surface area (Å²) in [5, 5.41) is 3.43. The van der Waals surface area contributed by atoms with Crippen molar-refractivity contribution in [1.82, 2.24) is 15.3 Å². The third-order valence-electron chi connectivity index (χ3n) is 2.59. The predicted molar refractivity (Wildman–Crippen MR) is 83.4 cm³/mol. The van der Waals surface area contributed by atoms with E-state index >= 15 is 0 Å². The van der Waals surface area contributed by atoms with Crippen LogP contribution in [0.2, 0.25) is 8.67 Å². The molecule has 2 rings (SSSR count). The fraction of sp³-hybridized carbons (Fsp3) is 0.462. The first-order valence-electron chi connectivity index (χ1n) is 6.09. The second-order valence-electron chi connectivity index (χ2n) is 5.41. The van der Waals surface area contributed by atoms with Crippen molar-refractivity contribution in [3.05, 3.63) is 26.8 Å². The first-order chi connectivity index (χ1) is 8.85. The highest BCUT2D eigenvalue weighted by Crippen LogP contribution is 2.37. The molecule has 0 bridgehead atoms. The minimum Gasteiger partial charge on any atom is -0.342 e. The normalized spacial score (nSPS) is 12.1. The Bertz CT molecular complexity index is 554. The molecular weight excluding hydrogens is 301 g/mol. The SMILES string of the molecule is CC(C)(C)NCCc1ncc(-c2cc(Cl)sc2Cl)[nH]1. The molecule has 0 radical (unpaired) electrons. The zero-order valence-electron chi connectivity index (χ0n) is 11.2. The van der Waals surface area contributed by atoms with E-state index in [1.807, 2.05) is 6.07 Å². The fourth-order valence-corrected chi connectivity index (χ4v) is 3.20. The average molecular weight is 318 g/mol. The molecule has 2 aromatic rings. The lowest BCUT2D eigenvalue weighted by molar-refractivity contribution is 0.427. The fourth-order valence-electron chi connectivity index (χ4n) is 1.71. The molecule has 0 aromatic carbocycles. The van der Waals surface area contributed by atoms with Crippen molar-refractivity contribution in [2.45, 2.75) is 32.7 Å². The summed E-state index contributed by atoms with van der Waals surface area (Å²) in [7, 11) is 0. The molecule has 104 valence electrons. The lowest BCUT2D eigenvalue weighted by Crippen LogP contribution is -2.37. The van der Waals surface area contributed by atoms with Gasteiger partial charge in [0.25, 0.3) is 0 Å². The van der Waals surface area contributed by atoms with E-state index in [1.54, 1.807) is 6.20 Å². The van der Waals surface area contributed by atoms with Gasteiger partial charge in [0, 0.05) is 24.1 Å². The van der Waals surface area contributed by atoms with Gasteiger partial charge in [-0.05, 0) is 26.8 Å². The van der Waals surface area contributed by atoms with E-state index in [2.05, 4.69) is 36.1 Å². The van der Waals surface area contributed by atoms with E-state index in [0.717, 1.165) is 30.0 Å². The molecule has 0 saturated carbocycles. The average Bonchev–Trinajstić information content (AvgIpc) is 2.83. The zero-order valence-corrected chi connectivity index (χ0v) is 13.5. The van der Waals surface area contributed by atoms with E-state index in [4.69, 9.17) is 23.2 Å². The van der Waals surface area contributed by atoms with Crippen LogP contribution >= 0.6 is 34.5 Å². The van der Waals surface area contributed by atoms with Crippen LogP contribution in [0.25, 0.3) is 11.3 Å². The van der Waals surface area contributed by atoms with E-state index in [0.29, 0.717) is 8.67 Å². The number of rotatable bonds is 4. The van der Waals surface area contributed by atoms with Crippen molar-refractivity contribution >= 4 is 34.5 Å². The third kappa shape index (κ3) is 4.21. The molecule has 0 unspecified atom stereocenters. The Kier molecular flexibility index (Phi) is 4.56. The molecule has 0 atom stereocenters. The highest BCUT2D eigenvalue weighted by atomic mass is 35.5. The molecule has 0 aliphatic rings. The number of nitrogens with zero attached hydrogens (tertiary/aromatic N) is 1. The summed E-state index contributed by atoms with van der Waals surface area (Å²) in [6.07, 6.45) is 2.66. The lowest BCUT2D eigenvalue weighted by Gasteiger charge is -2.19. The molecular formula is C13H17Cl2N3S. The largest absolute Gasteiger partial charge is 0.342 e. The predicted octanol–water partition coefficient (Wildman–Crippen LogP) is 4.38. The van der Waals surface area contributed by atoms with Gasteiger partial charge in [-0.15, -0.1) is 11.3 Å². The quantitative estimate of drug-likeness (QED) is 0.878. The smallest absolute Gasteiger partial charge is 0.107 e. The second kappa shape index (κ2) is 5.83. The number of H-pyrrole nitrogens is 1. The van der Waals surface area contributed by atoms with E-state index in [-0.39, 0.29) is 5.54 Å². The molecule has 0 saturated heterocycles. The van der Waals surface area contributed by atoms with Gasteiger partial charge >= 0.3 is 0 Å². The molecule has 3 nitrogen and oxygen atoms in total. The highest BCUT2D eigenvalue weighted by molar-refractivity contribution is 7.20. The van der Waals surface area contributed by atoms with Crippen molar-refractivity contribution in [1.29, 1.82) is 0 Å². The number of halogens is 2. The topological polar surface area (TPSA) is 40.7 Å². The number of thiophene rings is 1. The summed E-state index contributed by atoms with van der Waals surface area (Å²) in [4.78, 5) is 7.65. The maximum atomic E-state index is 6.13. The van der Waals surface area contributed by atoms with Crippen LogP contribution in [0.5, 0.6) is 0 Å². The number of aromatic amines is 1. The van der Waals surface area contributed by atoms with Gasteiger partial charge in [-0.3, -0.25) is 0 Å². The van der Waals surface area contributed by atoms with Crippen LogP contribution in [0.15, 0.2) is 12.3 Å². The monoisotopic (exact) mass is 317 g/mol. The van der Waals surface area contributed by atoms with Crippen molar-refractivity contribution in [2.75, 3.05) is 6.54 Å². The number of imidazole rings is 1. The Labute approximate surface area is 127 Å². The van der Waals surface area contributed by atoms with Crippen molar-refractivity contribution in [3.63, 3.8) is 0 Å². The Morgan fingerprint density at radius 2 is 2.11 bits per heavy atom. The van der Waals surface area contributed by atoms with Gasteiger partial charge in [-0.1, -0.05) is 23.2 Å². The second-order valence-corrected chi connectivity index (χ2v) is 7.69. The first kappa shape index (κ1) is 14.9. The molecule has 0 fully saturated rings. The van der Waals surface area contributed by atoms with Gasteiger partial charge in [-0.2, -0.15) is 0 Å². The Hall–Kier alpha value is -0.550. The maximum absolute atomic E-state index is 6.13. The number of hydrogen-bond acceptors (Lipinski definition) is 3. The maximum Gasteiger partial charge on any atom is 0.107 e. The third-order valence-corrected chi connectivity index (χ3v) is 4.08. The van der Waals surface area contributed by atoms with Crippen LogP contribution in [0, 0.1) is 0 Å². The van der Waals surface area contributed by atoms with Crippen LogP contribution in [-0.2, 0) is 6.42 Å². The van der Waals surface area contributed by atoms with Gasteiger partial charge in [0.15, 0.2) is 0 Å². The summed E-state index contributed by atoms with van der Waals surface area (Å²) < 4.78 is 1.37. The Balaban J connectivity index is 2.01. The molecule has 2 aromatic heterocycles. The summed E-state index contributed by atoms with van der Waals surface area (Å²) >= 11 is 13.4. The van der Waals surface area contributed by atoms with Gasteiger partial charge in [0.1, 0.15) is 10.2 Å². The van der Waals surface area contributed by atoms with E-state index in [9.17, 15) is 0 Å². The molecule has 19 heavy (non-hydrogen) atoms. The standard InChI is InChI=1S/C13H17Cl2N3S/c1-13(2,3)17-5-4-11-16-7-9(18-11)8-6-10(14)19-12(8)15/h6-7,17H,4-5H2,1-3H3,(H,16,18). The van der Waals surface area contributed by atoms with Crippen LogP contribution in [0.3, 0.4) is 0 Å². The molecule has 0 spiro atoms. The van der Waals surface area contributed by atoms with Crippen molar-refractivity contribution in [3.8, 4) is 11.3 Å². The number of nitrogens with one attached hydrogen (secondary N) is 2. The van der Waals surface area contributed by atoms with Gasteiger partial charge in [0.05, 0.1) is 16.2 Å². The minimum atomic E-state index is 0.125. The molecule has 2 heterocycles. The Morgan fingerprint density at radius 1 is 1.37 bits per heavy atom. The van der Waals surface area contributed by atoms with Gasteiger partial charge < -0.3 is 10.3 Å². The molecule has 0 aliphatic heterocycles. The van der Waals surface area contributed by atoms with E-state index < -0.39 is 0 Å². The summed E-state index contributed by atoms with van der Waals surface area (Å²) in [5.74, 6) is 0.949. The zero-order chi connectivity index (χ0) is 14.0. The minimum absolute atomic E-state index is 0.125. The summed E-state index contributed by atoms with van der Waals surface area (Å²) in [6, 6.07) is 1.86. The van der Waals surface area contributed by atoms with E-state index in [1.165, 1.54) is 11.3 Å². The van der Waals surface area contributed by atoms with Crippen LogP contribution in [0.1, 0.15) is 26.6 Å². The highest BCUT2D eigenvalue weighted by Gasteiger charge is 2.12. The van der Waals surface area contributed by atoms with Crippen LogP contribution < -0.4 is 5.32 Å². The van der Waals surface area contributed by atoms with Crippen LogP contribution in [-0.4, -0.2) is 22.1 Å². The lowest BCUT2D eigenvalue weighted by atomic mass is 10.1. The van der Waals surface area contributed by atoms with Gasteiger partial charge in [-0.25, -0.2) is 4.98 Å². The van der Waals surface area contributed by atoms with Crippen LogP contribution in [0.4, 0.5) is 0 Å². The molecule has 0 amide bonds. The van der Waals surface area contributed by atoms with Gasteiger partial charge in [0.2, 0.25) is 0 Å². The first-order valence-corrected chi connectivity index (χ1v) is 7.66. The molecule has 2 N–H and O–H groups in total. The van der Waals surface area contributed by atoms with Crippen molar-refractivity contribution in [2.24, 2.45) is 0 Å². The number of aromatic nitrogens is 2. The summed E-state index contributed by atoms with van der Waals surface area (Å²) in [6.45, 7) is 7.32. The summed E-state index contributed by atoms with van der Waals surface area (Å²) in [5.41, 5.74) is 1.96. The molecule has 0 aliphatic carbocycles. The Morgan fingerprint density at radius 3 is 2.68 bits per heavy atom.